The molecule has 4 atom stereocenters. The Morgan fingerprint density at radius 2 is 2.16 bits per heavy atom. The Morgan fingerprint density at radius 3 is 2.87 bits per heavy atom. The molecular weight excluding hydrogens is 394 g/mol. The number of ether oxygens (including phenoxy) is 3. The monoisotopic (exact) mass is 425 g/mol. The van der Waals surface area contributed by atoms with Crippen molar-refractivity contribution in [1.29, 1.82) is 0 Å². The van der Waals surface area contributed by atoms with E-state index in [0.717, 1.165) is 48.7 Å². The van der Waals surface area contributed by atoms with Gasteiger partial charge in [-0.15, -0.1) is 0 Å². The molecule has 1 N–H and O–H groups in total. The molecule has 6 nitrogen and oxygen atoms in total. The zero-order valence-corrected chi connectivity index (χ0v) is 18.6. The predicted molar refractivity (Wildman–Crippen MR) is 114 cm³/mol. The van der Waals surface area contributed by atoms with Gasteiger partial charge in [0.05, 0.1) is 30.3 Å². The van der Waals surface area contributed by atoms with Gasteiger partial charge in [0.15, 0.2) is 6.10 Å². The lowest BCUT2D eigenvalue weighted by Gasteiger charge is -2.62. The number of aryl methyl sites for hydroxylation is 1. The lowest BCUT2D eigenvalue weighted by atomic mass is 9.49. The van der Waals surface area contributed by atoms with Crippen molar-refractivity contribution in [3.05, 3.63) is 40.2 Å². The number of rotatable bonds is 5. The molecule has 2 fully saturated rings. The summed E-state index contributed by atoms with van der Waals surface area (Å²) in [5.74, 6) is 1.73. The second-order valence-corrected chi connectivity index (χ2v) is 9.99. The van der Waals surface area contributed by atoms with Crippen molar-refractivity contribution in [1.82, 2.24) is 4.90 Å². The van der Waals surface area contributed by atoms with Crippen molar-refractivity contribution >= 4 is 5.97 Å². The first-order chi connectivity index (χ1) is 14.9. The average molecular weight is 426 g/mol. The van der Waals surface area contributed by atoms with E-state index in [1.165, 1.54) is 18.4 Å². The van der Waals surface area contributed by atoms with Gasteiger partial charge in [-0.25, -0.2) is 4.79 Å². The molecule has 1 saturated carbocycles. The van der Waals surface area contributed by atoms with Gasteiger partial charge in [-0.2, -0.15) is 0 Å². The molecule has 31 heavy (non-hydrogen) atoms. The topological polar surface area (TPSA) is 68.2 Å². The number of carbonyl (C=O) groups is 1. The second kappa shape index (κ2) is 6.48. The molecule has 1 spiro atoms. The Bertz CT molecular complexity index is 998. The standard InChI is InChI=1S/C25H31NO5/c1-4-30-23(27)17-12-25(28)18-11-16-8-5-14(2)20-19(16)24(25,22(31-20)21(17)29-3)9-10-26(18)13-15-6-7-15/h5,8,15,18,22,28H,4,6-7,9-13H2,1-3H3/t18-,22+,24+,25-/m1/s1. The van der Waals surface area contributed by atoms with E-state index in [0.29, 0.717) is 11.3 Å². The van der Waals surface area contributed by atoms with Gasteiger partial charge in [-0.1, -0.05) is 12.1 Å². The highest BCUT2D eigenvalue weighted by atomic mass is 16.5. The molecule has 0 aromatic heterocycles. The van der Waals surface area contributed by atoms with Gasteiger partial charge in [0.2, 0.25) is 0 Å². The van der Waals surface area contributed by atoms with Crippen LogP contribution in [0.3, 0.4) is 0 Å². The molecule has 6 heteroatoms. The molecule has 2 bridgehead atoms. The molecule has 2 aliphatic heterocycles. The Kier molecular flexibility index (Phi) is 4.10. The highest BCUT2D eigenvalue weighted by molar-refractivity contribution is 5.90. The summed E-state index contributed by atoms with van der Waals surface area (Å²) >= 11 is 0. The first-order valence-electron chi connectivity index (χ1n) is 11.6. The van der Waals surface area contributed by atoms with Crippen LogP contribution in [-0.2, 0) is 26.1 Å². The van der Waals surface area contributed by atoms with Gasteiger partial charge in [0, 0.05) is 24.6 Å². The zero-order chi connectivity index (χ0) is 21.5. The number of nitrogens with zero attached hydrogens (tertiary/aromatic N) is 1. The third kappa shape index (κ3) is 2.38. The van der Waals surface area contributed by atoms with E-state index in [2.05, 4.69) is 24.0 Å². The summed E-state index contributed by atoms with van der Waals surface area (Å²) in [6.07, 6.45) is 3.87. The van der Waals surface area contributed by atoms with Crippen LogP contribution < -0.4 is 4.74 Å². The smallest absolute Gasteiger partial charge is 0.337 e. The fourth-order valence-corrected chi connectivity index (χ4v) is 6.93. The number of hydrogen-bond donors (Lipinski definition) is 1. The van der Waals surface area contributed by atoms with Crippen molar-refractivity contribution in [2.45, 2.75) is 69.1 Å². The van der Waals surface area contributed by atoms with Crippen molar-refractivity contribution in [3.8, 4) is 5.75 Å². The van der Waals surface area contributed by atoms with E-state index in [4.69, 9.17) is 14.2 Å². The maximum Gasteiger partial charge on any atom is 0.337 e. The van der Waals surface area contributed by atoms with E-state index < -0.39 is 23.1 Å². The van der Waals surface area contributed by atoms with Crippen LogP contribution in [0.5, 0.6) is 5.75 Å². The molecule has 2 heterocycles. The lowest BCUT2D eigenvalue weighted by Crippen LogP contribution is -2.75. The summed E-state index contributed by atoms with van der Waals surface area (Å²) < 4.78 is 17.8. The number of aliphatic hydroxyl groups is 1. The molecular formula is C25H31NO5. The molecule has 1 aromatic carbocycles. The molecule has 166 valence electrons. The summed E-state index contributed by atoms with van der Waals surface area (Å²) in [5, 5.41) is 12.6. The van der Waals surface area contributed by atoms with Gasteiger partial charge >= 0.3 is 5.97 Å². The highest BCUT2D eigenvalue weighted by Gasteiger charge is 2.73. The quantitative estimate of drug-likeness (QED) is 0.732. The van der Waals surface area contributed by atoms with Crippen LogP contribution in [0.15, 0.2) is 23.5 Å². The second-order valence-electron chi connectivity index (χ2n) is 9.99. The Morgan fingerprint density at radius 1 is 1.35 bits per heavy atom. The minimum atomic E-state index is -1.10. The van der Waals surface area contributed by atoms with Crippen molar-refractivity contribution in [2.24, 2.45) is 5.92 Å². The predicted octanol–water partition coefficient (Wildman–Crippen LogP) is 2.63. The van der Waals surface area contributed by atoms with Crippen molar-refractivity contribution in [2.75, 3.05) is 26.8 Å². The maximum absolute atomic E-state index is 13.0. The molecule has 0 amide bonds. The van der Waals surface area contributed by atoms with Crippen LogP contribution in [0.1, 0.15) is 49.3 Å². The minimum absolute atomic E-state index is 0.0445. The summed E-state index contributed by atoms with van der Waals surface area (Å²) in [6.45, 7) is 6.10. The normalized spacial score (nSPS) is 35.5. The Balaban J connectivity index is 1.57. The van der Waals surface area contributed by atoms with Crippen molar-refractivity contribution < 1.29 is 24.1 Å². The van der Waals surface area contributed by atoms with Crippen LogP contribution in [0.2, 0.25) is 0 Å². The number of piperidine rings is 1. The Hall–Kier alpha value is -2.05. The highest BCUT2D eigenvalue weighted by Crippen LogP contribution is 2.65. The number of carbonyl (C=O) groups excluding carboxylic acids is 1. The molecule has 0 radical (unpaired) electrons. The van der Waals surface area contributed by atoms with E-state index >= 15 is 0 Å². The molecule has 1 saturated heterocycles. The molecule has 1 aromatic rings. The van der Waals surface area contributed by atoms with Gasteiger partial charge in [0.1, 0.15) is 11.5 Å². The third-order valence-corrected chi connectivity index (χ3v) is 8.45. The molecule has 6 rings (SSSR count). The SMILES string of the molecule is CCOC(=O)C1=C(OC)[C@@H]2Oc3c(C)ccc4c3[C@@]23CCN(CC2CC2)[C@H](C4)[C@]3(O)C1. The molecule has 0 unspecified atom stereocenters. The first kappa shape index (κ1) is 19.6. The summed E-state index contributed by atoms with van der Waals surface area (Å²) in [6, 6.07) is 4.29. The zero-order valence-electron chi connectivity index (χ0n) is 18.6. The van der Waals surface area contributed by atoms with Crippen molar-refractivity contribution in [3.63, 3.8) is 0 Å². The van der Waals surface area contributed by atoms with Gasteiger partial charge in [-0.05, 0) is 63.1 Å². The number of methoxy groups -OCH3 is 1. The van der Waals surface area contributed by atoms with Gasteiger partial charge in [-0.3, -0.25) is 4.90 Å². The third-order valence-electron chi connectivity index (χ3n) is 8.45. The largest absolute Gasteiger partial charge is 0.497 e. The van der Waals surface area contributed by atoms with E-state index in [9.17, 15) is 9.90 Å². The van der Waals surface area contributed by atoms with E-state index in [1.54, 1.807) is 14.0 Å². The number of hydrogen-bond acceptors (Lipinski definition) is 6. The minimum Gasteiger partial charge on any atom is -0.497 e. The van der Waals surface area contributed by atoms with Gasteiger partial charge in [0.25, 0.3) is 0 Å². The number of likely N-dealkylation sites (tertiary alicyclic amines) is 1. The molecule has 3 aliphatic carbocycles. The first-order valence-corrected chi connectivity index (χ1v) is 11.6. The number of benzene rings is 1. The van der Waals surface area contributed by atoms with Crippen LogP contribution in [0, 0.1) is 12.8 Å². The summed E-state index contributed by atoms with van der Waals surface area (Å²) in [5.41, 5.74) is 2.24. The van der Waals surface area contributed by atoms with E-state index in [-0.39, 0.29) is 19.1 Å². The summed E-state index contributed by atoms with van der Waals surface area (Å²) in [4.78, 5) is 15.4. The summed E-state index contributed by atoms with van der Waals surface area (Å²) in [7, 11) is 1.60. The van der Waals surface area contributed by atoms with Crippen LogP contribution in [-0.4, -0.2) is 60.5 Å². The van der Waals surface area contributed by atoms with Crippen LogP contribution in [0.25, 0.3) is 0 Å². The van der Waals surface area contributed by atoms with E-state index in [1.807, 2.05) is 0 Å². The van der Waals surface area contributed by atoms with Gasteiger partial charge < -0.3 is 19.3 Å². The number of esters is 1. The van der Waals surface area contributed by atoms with Crippen LogP contribution in [0.4, 0.5) is 0 Å². The lowest BCUT2D eigenvalue weighted by molar-refractivity contribution is -0.176. The molecule has 5 aliphatic rings. The fraction of sp³-hybridized carbons (Fsp3) is 0.640. The Labute approximate surface area is 183 Å². The maximum atomic E-state index is 13.0. The van der Waals surface area contributed by atoms with Crippen LogP contribution >= 0.6 is 0 Å². The average Bonchev–Trinajstić information content (AvgIpc) is 3.49. The fourth-order valence-electron chi connectivity index (χ4n) is 6.93.